The summed E-state index contributed by atoms with van der Waals surface area (Å²) < 4.78 is 20.0. The van der Waals surface area contributed by atoms with Crippen molar-refractivity contribution in [1.82, 2.24) is 9.88 Å². The number of nitrogens with zero attached hydrogens (tertiary/aromatic N) is 2. The van der Waals surface area contributed by atoms with E-state index in [-0.39, 0.29) is 18.3 Å². The third-order valence-corrected chi connectivity index (χ3v) is 6.80. The number of piperidine rings is 1. The summed E-state index contributed by atoms with van der Waals surface area (Å²) >= 11 is 0. The largest absolute Gasteiger partial charge is 0.381 e. The number of ether oxygens (including phenoxy) is 1. The highest BCUT2D eigenvalue weighted by atomic mass is 19.1. The molecule has 0 bridgehead atoms. The molecule has 6 nitrogen and oxygen atoms in total. The van der Waals surface area contributed by atoms with E-state index in [1.54, 1.807) is 41.4 Å². The lowest BCUT2D eigenvalue weighted by molar-refractivity contribution is -0.151. The van der Waals surface area contributed by atoms with Crippen LogP contribution in [0, 0.1) is 11.2 Å². The normalized spacial score (nSPS) is 23.3. The number of pyridine rings is 1. The Morgan fingerprint density at radius 1 is 1.10 bits per heavy atom. The Kier molecular flexibility index (Phi) is 6.05. The maximum absolute atomic E-state index is 14.4. The summed E-state index contributed by atoms with van der Waals surface area (Å²) in [7, 11) is 0. The number of carbonyl (C=O) groups excluding carboxylic acids is 2. The van der Waals surface area contributed by atoms with Gasteiger partial charge in [0, 0.05) is 32.5 Å². The van der Waals surface area contributed by atoms with Gasteiger partial charge in [-0.05, 0) is 55.9 Å². The zero-order valence-electron chi connectivity index (χ0n) is 17.6. The predicted molar refractivity (Wildman–Crippen MR) is 114 cm³/mol. The smallest absolute Gasteiger partial charge is 0.231 e. The molecule has 4 rings (SSSR count). The fraction of sp³-hybridized carbons (Fsp3) is 0.458. The molecule has 0 saturated carbocycles. The number of hydrogen-bond acceptors (Lipinski definition) is 4. The monoisotopic (exact) mass is 425 g/mol. The summed E-state index contributed by atoms with van der Waals surface area (Å²) in [6.07, 6.45) is 4.18. The molecule has 1 aromatic carbocycles. The first-order chi connectivity index (χ1) is 15.0. The fourth-order valence-electron chi connectivity index (χ4n) is 4.98. The Hall–Kier alpha value is -2.80. The second kappa shape index (κ2) is 8.75. The SMILES string of the molecule is NC(=O)C1(c2ccccn2)CCCN(C(=O)C2(Cc3ccccc3F)CCOCC2)C1. The van der Waals surface area contributed by atoms with Gasteiger partial charge in [-0.15, -0.1) is 0 Å². The van der Waals surface area contributed by atoms with Gasteiger partial charge < -0.3 is 15.4 Å². The van der Waals surface area contributed by atoms with Gasteiger partial charge in [0.2, 0.25) is 11.8 Å². The molecule has 0 aliphatic carbocycles. The van der Waals surface area contributed by atoms with Crippen LogP contribution in [0.1, 0.15) is 36.9 Å². The third kappa shape index (κ3) is 4.06. The van der Waals surface area contributed by atoms with Crippen molar-refractivity contribution in [2.45, 2.75) is 37.5 Å². The Morgan fingerprint density at radius 2 is 1.84 bits per heavy atom. The molecule has 1 unspecified atom stereocenters. The Balaban J connectivity index is 1.65. The van der Waals surface area contributed by atoms with Crippen LogP contribution in [0.15, 0.2) is 48.7 Å². The molecule has 2 saturated heterocycles. The molecule has 2 aromatic rings. The maximum atomic E-state index is 14.4. The molecule has 2 aliphatic heterocycles. The molecule has 2 N–H and O–H groups in total. The van der Waals surface area contributed by atoms with Crippen LogP contribution >= 0.6 is 0 Å². The van der Waals surface area contributed by atoms with Crippen molar-refractivity contribution in [1.29, 1.82) is 0 Å². The van der Waals surface area contributed by atoms with Gasteiger partial charge in [-0.2, -0.15) is 0 Å². The van der Waals surface area contributed by atoms with E-state index < -0.39 is 16.7 Å². The molecule has 1 aromatic heterocycles. The molecule has 3 heterocycles. The standard InChI is InChI=1S/C24H28FN3O3/c25-19-7-2-1-6-18(19)16-23(10-14-31-15-11-23)22(30)28-13-5-9-24(17-28,21(26)29)20-8-3-4-12-27-20/h1-4,6-8,12H,5,9-11,13-17H2,(H2,26,29). The number of primary amides is 1. The second-order valence-corrected chi connectivity index (χ2v) is 8.65. The summed E-state index contributed by atoms with van der Waals surface area (Å²) in [6, 6.07) is 12.0. The van der Waals surface area contributed by atoms with Crippen molar-refractivity contribution in [3.05, 3.63) is 65.7 Å². The Labute approximate surface area is 181 Å². The number of likely N-dealkylation sites (tertiary alicyclic amines) is 1. The predicted octanol–water partition coefficient (Wildman–Crippen LogP) is 2.61. The molecule has 0 radical (unpaired) electrons. The van der Waals surface area contributed by atoms with E-state index >= 15 is 0 Å². The fourth-order valence-corrected chi connectivity index (χ4v) is 4.98. The minimum Gasteiger partial charge on any atom is -0.381 e. The van der Waals surface area contributed by atoms with Gasteiger partial charge in [-0.1, -0.05) is 24.3 Å². The van der Waals surface area contributed by atoms with Crippen LogP contribution in [0.5, 0.6) is 0 Å². The molecule has 2 amide bonds. The lowest BCUT2D eigenvalue weighted by atomic mass is 9.71. The summed E-state index contributed by atoms with van der Waals surface area (Å²) in [5.74, 6) is -0.834. The number of benzene rings is 1. The van der Waals surface area contributed by atoms with E-state index in [1.807, 2.05) is 6.07 Å². The van der Waals surface area contributed by atoms with Gasteiger partial charge in [0.05, 0.1) is 11.1 Å². The highest BCUT2D eigenvalue weighted by Crippen LogP contribution is 2.40. The minimum absolute atomic E-state index is 0.0553. The summed E-state index contributed by atoms with van der Waals surface area (Å²) in [4.78, 5) is 32.7. The van der Waals surface area contributed by atoms with Crippen molar-refractivity contribution >= 4 is 11.8 Å². The van der Waals surface area contributed by atoms with E-state index in [4.69, 9.17) is 10.5 Å². The Morgan fingerprint density at radius 3 is 2.52 bits per heavy atom. The van der Waals surface area contributed by atoms with Crippen LogP contribution in [-0.4, -0.2) is 48.0 Å². The lowest BCUT2D eigenvalue weighted by Crippen LogP contribution is -2.58. The van der Waals surface area contributed by atoms with Gasteiger partial charge in [0.15, 0.2) is 0 Å². The number of amides is 2. The van der Waals surface area contributed by atoms with Gasteiger partial charge in [0.25, 0.3) is 0 Å². The lowest BCUT2D eigenvalue weighted by Gasteiger charge is -2.45. The summed E-state index contributed by atoms with van der Waals surface area (Å²) in [6.45, 7) is 1.64. The van der Waals surface area contributed by atoms with Gasteiger partial charge in [-0.25, -0.2) is 4.39 Å². The van der Waals surface area contributed by atoms with Gasteiger partial charge >= 0.3 is 0 Å². The number of carbonyl (C=O) groups is 2. The van der Waals surface area contributed by atoms with E-state index in [1.165, 1.54) is 6.07 Å². The molecular weight excluding hydrogens is 397 g/mol. The van der Waals surface area contributed by atoms with Crippen molar-refractivity contribution in [3.8, 4) is 0 Å². The number of halogens is 1. The average Bonchev–Trinajstić information content (AvgIpc) is 2.81. The zero-order valence-corrected chi connectivity index (χ0v) is 17.6. The summed E-state index contributed by atoms with van der Waals surface area (Å²) in [5, 5.41) is 0. The number of nitrogens with two attached hydrogens (primary N) is 1. The van der Waals surface area contributed by atoms with Crippen LogP contribution in [0.2, 0.25) is 0 Å². The van der Waals surface area contributed by atoms with Crippen molar-refractivity contribution in [3.63, 3.8) is 0 Å². The van der Waals surface area contributed by atoms with E-state index in [9.17, 15) is 14.0 Å². The van der Waals surface area contributed by atoms with Gasteiger partial charge in [0.1, 0.15) is 11.2 Å². The molecule has 0 spiro atoms. The molecule has 1 atom stereocenters. The Bertz CT molecular complexity index is 946. The molecule has 7 heteroatoms. The molecule has 164 valence electrons. The number of aromatic nitrogens is 1. The highest BCUT2D eigenvalue weighted by Gasteiger charge is 2.49. The molecule has 31 heavy (non-hydrogen) atoms. The van der Waals surface area contributed by atoms with Crippen LogP contribution in [0.3, 0.4) is 0 Å². The van der Waals surface area contributed by atoms with Gasteiger partial charge in [-0.3, -0.25) is 14.6 Å². The third-order valence-electron chi connectivity index (χ3n) is 6.80. The van der Waals surface area contributed by atoms with Crippen LogP contribution in [-0.2, 0) is 26.2 Å². The maximum Gasteiger partial charge on any atom is 0.231 e. The van der Waals surface area contributed by atoms with Crippen LogP contribution in [0.4, 0.5) is 4.39 Å². The van der Waals surface area contributed by atoms with Crippen molar-refractivity contribution in [2.24, 2.45) is 11.1 Å². The summed E-state index contributed by atoms with van der Waals surface area (Å²) in [5.41, 5.74) is 5.21. The number of hydrogen-bond donors (Lipinski definition) is 1. The topological polar surface area (TPSA) is 85.5 Å². The van der Waals surface area contributed by atoms with Crippen molar-refractivity contribution < 1.29 is 18.7 Å². The zero-order chi connectivity index (χ0) is 21.9. The molecule has 2 fully saturated rings. The van der Waals surface area contributed by atoms with Crippen molar-refractivity contribution in [2.75, 3.05) is 26.3 Å². The van der Waals surface area contributed by atoms with E-state index in [2.05, 4.69) is 4.98 Å². The minimum atomic E-state index is -1.01. The molecule has 2 aliphatic rings. The first kappa shape index (κ1) is 21.4. The first-order valence-electron chi connectivity index (χ1n) is 10.8. The van der Waals surface area contributed by atoms with Crippen LogP contribution < -0.4 is 5.73 Å². The van der Waals surface area contributed by atoms with Crippen LogP contribution in [0.25, 0.3) is 0 Å². The second-order valence-electron chi connectivity index (χ2n) is 8.65. The van der Waals surface area contributed by atoms with E-state index in [0.717, 1.165) is 0 Å². The quantitative estimate of drug-likeness (QED) is 0.798. The number of rotatable bonds is 5. The first-order valence-corrected chi connectivity index (χ1v) is 10.8. The van der Waals surface area contributed by atoms with E-state index in [0.29, 0.717) is 63.1 Å². The highest BCUT2D eigenvalue weighted by molar-refractivity contribution is 5.89. The molecular formula is C24H28FN3O3. The average molecular weight is 426 g/mol.